The van der Waals surface area contributed by atoms with E-state index in [9.17, 15) is 0 Å². The van der Waals surface area contributed by atoms with Crippen molar-refractivity contribution < 1.29 is 0 Å². The number of tetrazole rings is 1. The minimum Gasteiger partial charge on any atom is -0.226 e. The predicted octanol–water partition coefficient (Wildman–Crippen LogP) is 3.34. The van der Waals surface area contributed by atoms with Gasteiger partial charge in [0.05, 0.1) is 0 Å². The van der Waals surface area contributed by atoms with Gasteiger partial charge in [0.15, 0.2) is 5.82 Å². The van der Waals surface area contributed by atoms with Gasteiger partial charge in [-0.15, -0.1) is 5.10 Å². The lowest BCUT2D eigenvalue weighted by Crippen LogP contribution is -1.99. The zero-order valence-corrected chi connectivity index (χ0v) is 11.6. The Bertz CT molecular complexity index is 713. The highest BCUT2D eigenvalue weighted by atomic mass is 15.5. The molecule has 0 atom stereocenters. The van der Waals surface area contributed by atoms with Crippen molar-refractivity contribution in [1.29, 1.82) is 0 Å². The molecule has 4 nitrogen and oxygen atoms in total. The van der Waals surface area contributed by atoms with Gasteiger partial charge in [0.25, 0.3) is 0 Å². The molecule has 1 heterocycles. The summed E-state index contributed by atoms with van der Waals surface area (Å²) in [5.74, 6) is 0.807. The van der Waals surface area contributed by atoms with Crippen LogP contribution in [-0.4, -0.2) is 20.2 Å². The average molecular weight is 264 g/mol. The molecule has 0 fully saturated rings. The second-order valence-electron chi connectivity index (χ2n) is 4.77. The van der Waals surface area contributed by atoms with Crippen LogP contribution in [0.25, 0.3) is 22.5 Å². The van der Waals surface area contributed by atoms with Crippen molar-refractivity contribution in [3.8, 4) is 22.5 Å². The number of aryl methyl sites for hydroxylation is 2. The maximum Gasteiger partial charge on any atom is 0.182 e. The number of hydrogen-bond donors (Lipinski definition) is 0. The standard InChI is InChI=1S/C16H16N4/c1-3-20-16(17-18-19-20)15-6-4-5-14(11-15)13-9-7-12(2)8-10-13/h4-11H,3H2,1-2H3. The molecule has 3 rings (SSSR count). The van der Waals surface area contributed by atoms with E-state index in [1.165, 1.54) is 16.7 Å². The molecule has 0 aliphatic rings. The van der Waals surface area contributed by atoms with Crippen LogP contribution in [0.1, 0.15) is 12.5 Å². The number of hydrogen-bond acceptors (Lipinski definition) is 3. The number of rotatable bonds is 3. The summed E-state index contributed by atoms with van der Waals surface area (Å²) in [6, 6.07) is 16.8. The molecule has 3 aromatic rings. The molecule has 0 spiro atoms. The zero-order valence-electron chi connectivity index (χ0n) is 11.6. The fourth-order valence-electron chi connectivity index (χ4n) is 2.21. The van der Waals surface area contributed by atoms with Crippen LogP contribution >= 0.6 is 0 Å². The maximum absolute atomic E-state index is 4.11. The Morgan fingerprint density at radius 3 is 2.45 bits per heavy atom. The lowest BCUT2D eigenvalue weighted by molar-refractivity contribution is 0.631. The summed E-state index contributed by atoms with van der Waals surface area (Å²) in [6.07, 6.45) is 0. The van der Waals surface area contributed by atoms with E-state index in [-0.39, 0.29) is 0 Å². The molecule has 0 N–H and O–H groups in total. The molecule has 100 valence electrons. The highest BCUT2D eigenvalue weighted by Crippen LogP contribution is 2.25. The third-order valence-corrected chi connectivity index (χ3v) is 3.34. The Morgan fingerprint density at radius 1 is 0.950 bits per heavy atom. The molecule has 2 aromatic carbocycles. The summed E-state index contributed by atoms with van der Waals surface area (Å²) in [7, 11) is 0. The smallest absolute Gasteiger partial charge is 0.182 e. The van der Waals surface area contributed by atoms with Crippen LogP contribution in [0.4, 0.5) is 0 Å². The molecule has 0 radical (unpaired) electrons. The van der Waals surface area contributed by atoms with Gasteiger partial charge in [0.1, 0.15) is 0 Å². The van der Waals surface area contributed by atoms with E-state index in [4.69, 9.17) is 0 Å². The summed E-state index contributed by atoms with van der Waals surface area (Å²) in [4.78, 5) is 0. The predicted molar refractivity (Wildman–Crippen MR) is 79.1 cm³/mol. The Hall–Kier alpha value is -2.49. The van der Waals surface area contributed by atoms with E-state index >= 15 is 0 Å². The van der Waals surface area contributed by atoms with Gasteiger partial charge in [0, 0.05) is 12.1 Å². The second-order valence-corrected chi connectivity index (χ2v) is 4.77. The van der Waals surface area contributed by atoms with Crippen LogP contribution in [0.15, 0.2) is 48.5 Å². The van der Waals surface area contributed by atoms with E-state index in [0.29, 0.717) is 0 Å². The van der Waals surface area contributed by atoms with Gasteiger partial charge >= 0.3 is 0 Å². The molecule has 0 saturated carbocycles. The van der Waals surface area contributed by atoms with Crippen molar-refractivity contribution in [3.05, 3.63) is 54.1 Å². The Kier molecular flexibility index (Phi) is 3.29. The maximum atomic E-state index is 4.11. The lowest BCUT2D eigenvalue weighted by Gasteiger charge is -2.06. The van der Waals surface area contributed by atoms with E-state index in [0.717, 1.165) is 17.9 Å². The molecule has 0 amide bonds. The monoisotopic (exact) mass is 264 g/mol. The molecule has 0 aliphatic carbocycles. The Labute approximate surface area is 118 Å². The lowest BCUT2D eigenvalue weighted by atomic mass is 10.0. The minimum atomic E-state index is 0.761. The van der Waals surface area contributed by atoms with Crippen molar-refractivity contribution in [2.75, 3.05) is 0 Å². The topological polar surface area (TPSA) is 43.6 Å². The van der Waals surface area contributed by atoms with Gasteiger partial charge in [-0.1, -0.05) is 48.0 Å². The van der Waals surface area contributed by atoms with Crippen molar-refractivity contribution in [2.45, 2.75) is 20.4 Å². The molecule has 0 unspecified atom stereocenters. The fraction of sp³-hybridized carbons (Fsp3) is 0.188. The number of nitrogens with zero attached hydrogens (tertiary/aromatic N) is 4. The van der Waals surface area contributed by atoms with Crippen LogP contribution in [0.5, 0.6) is 0 Å². The first-order valence-electron chi connectivity index (χ1n) is 6.71. The molecule has 0 saturated heterocycles. The summed E-state index contributed by atoms with van der Waals surface area (Å²) >= 11 is 0. The average Bonchev–Trinajstić information content (AvgIpc) is 2.96. The van der Waals surface area contributed by atoms with Crippen molar-refractivity contribution in [3.63, 3.8) is 0 Å². The van der Waals surface area contributed by atoms with Crippen LogP contribution in [-0.2, 0) is 6.54 Å². The Morgan fingerprint density at radius 2 is 1.70 bits per heavy atom. The van der Waals surface area contributed by atoms with Gasteiger partial charge in [-0.05, 0) is 41.5 Å². The number of benzene rings is 2. The summed E-state index contributed by atoms with van der Waals surface area (Å²) in [6.45, 7) is 4.89. The first kappa shape index (κ1) is 12.5. The van der Waals surface area contributed by atoms with Gasteiger partial charge in [-0.25, -0.2) is 4.68 Å². The third kappa shape index (κ3) is 2.32. The molecule has 4 heteroatoms. The van der Waals surface area contributed by atoms with Gasteiger partial charge in [-0.3, -0.25) is 0 Å². The van der Waals surface area contributed by atoms with Crippen molar-refractivity contribution in [2.24, 2.45) is 0 Å². The van der Waals surface area contributed by atoms with Crippen LogP contribution in [0.3, 0.4) is 0 Å². The molecule has 0 aliphatic heterocycles. The highest BCUT2D eigenvalue weighted by Gasteiger charge is 2.08. The SMILES string of the molecule is CCn1nnnc1-c1cccc(-c2ccc(C)cc2)c1. The highest BCUT2D eigenvalue weighted by molar-refractivity contribution is 5.70. The summed E-state index contributed by atoms with van der Waals surface area (Å²) < 4.78 is 1.80. The fourth-order valence-corrected chi connectivity index (χ4v) is 2.21. The molecule has 1 aromatic heterocycles. The summed E-state index contributed by atoms with van der Waals surface area (Å²) in [5.41, 5.74) is 4.68. The van der Waals surface area contributed by atoms with Crippen molar-refractivity contribution in [1.82, 2.24) is 20.2 Å². The molecular formula is C16H16N4. The molecular weight excluding hydrogens is 248 g/mol. The first-order chi connectivity index (χ1) is 9.78. The summed E-state index contributed by atoms with van der Waals surface area (Å²) in [5, 5.41) is 11.8. The van der Waals surface area contributed by atoms with Gasteiger partial charge in [0.2, 0.25) is 0 Å². The quantitative estimate of drug-likeness (QED) is 0.728. The largest absolute Gasteiger partial charge is 0.226 e. The first-order valence-corrected chi connectivity index (χ1v) is 6.71. The Balaban J connectivity index is 2.04. The van der Waals surface area contributed by atoms with Crippen LogP contribution in [0, 0.1) is 6.92 Å². The number of aromatic nitrogens is 4. The van der Waals surface area contributed by atoms with E-state index < -0.39 is 0 Å². The van der Waals surface area contributed by atoms with E-state index in [1.807, 2.05) is 19.1 Å². The minimum absolute atomic E-state index is 0.761. The molecule has 0 bridgehead atoms. The van der Waals surface area contributed by atoms with E-state index in [2.05, 4.69) is 58.8 Å². The molecule has 20 heavy (non-hydrogen) atoms. The van der Waals surface area contributed by atoms with Gasteiger partial charge in [-0.2, -0.15) is 0 Å². The zero-order chi connectivity index (χ0) is 13.9. The van der Waals surface area contributed by atoms with Crippen LogP contribution in [0.2, 0.25) is 0 Å². The van der Waals surface area contributed by atoms with Crippen LogP contribution < -0.4 is 0 Å². The van der Waals surface area contributed by atoms with Crippen molar-refractivity contribution >= 4 is 0 Å². The van der Waals surface area contributed by atoms with Gasteiger partial charge < -0.3 is 0 Å². The third-order valence-electron chi connectivity index (χ3n) is 3.34. The van der Waals surface area contributed by atoms with E-state index in [1.54, 1.807) is 4.68 Å². The normalized spacial score (nSPS) is 10.7. The second kappa shape index (κ2) is 5.25.